The third kappa shape index (κ3) is 9.81. The predicted octanol–water partition coefficient (Wildman–Crippen LogP) is 1.40. The van der Waals surface area contributed by atoms with Gasteiger partial charge in [-0.1, -0.05) is 13.2 Å². The van der Waals surface area contributed by atoms with Crippen molar-refractivity contribution >= 4 is 11.9 Å². The average Bonchev–Trinajstić information content (AvgIpc) is 3.33. The van der Waals surface area contributed by atoms with Gasteiger partial charge in [-0.25, -0.2) is 9.59 Å². The van der Waals surface area contributed by atoms with Crippen LogP contribution in [0.3, 0.4) is 0 Å². The Kier molecular flexibility index (Phi) is 7.71. The van der Waals surface area contributed by atoms with Crippen LogP contribution < -0.4 is 0 Å². The van der Waals surface area contributed by atoms with Crippen molar-refractivity contribution in [2.45, 2.75) is 32.0 Å². The van der Waals surface area contributed by atoms with Crippen LogP contribution in [-0.4, -0.2) is 50.6 Å². The Labute approximate surface area is 124 Å². The molecule has 2 atom stereocenters. The summed E-state index contributed by atoms with van der Waals surface area (Å²) in [5.74, 6) is -0.675. The lowest BCUT2D eigenvalue weighted by Gasteiger charge is -2.01. The van der Waals surface area contributed by atoms with Crippen LogP contribution in [0.5, 0.6) is 0 Å². The highest BCUT2D eigenvalue weighted by Crippen LogP contribution is 2.13. The summed E-state index contributed by atoms with van der Waals surface area (Å²) in [5.41, 5.74) is 0.446. The third-order valence-electron chi connectivity index (χ3n) is 2.68. The largest absolute Gasteiger partial charge is 0.462 e. The van der Waals surface area contributed by atoms with Crippen LogP contribution in [-0.2, 0) is 28.5 Å². The van der Waals surface area contributed by atoms with Crippen molar-refractivity contribution in [2.75, 3.05) is 26.4 Å². The molecular formula is C15H22O6. The van der Waals surface area contributed by atoms with Crippen LogP contribution in [0, 0.1) is 0 Å². The number of hydrogen-bond donors (Lipinski definition) is 0. The smallest absolute Gasteiger partial charge is 0.333 e. The molecule has 118 valence electrons. The molecule has 2 saturated heterocycles. The van der Waals surface area contributed by atoms with E-state index >= 15 is 0 Å². The molecule has 6 heteroatoms. The van der Waals surface area contributed by atoms with Gasteiger partial charge in [-0.05, 0) is 6.92 Å². The highest BCUT2D eigenvalue weighted by Gasteiger charge is 2.22. The third-order valence-corrected chi connectivity index (χ3v) is 2.68. The van der Waals surface area contributed by atoms with Crippen LogP contribution in [0.4, 0.5) is 0 Å². The Balaban J connectivity index is 0.000000211. The van der Waals surface area contributed by atoms with Gasteiger partial charge in [-0.3, -0.25) is 0 Å². The van der Waals surface area contributed by atoms with Gasteiger partial charge in [0.2, 0.25) is 0 Å². The lowest BCUT2D eigenvalue weighted by molar-refractivity contribution is -0.139. The van der Waals surface area contributed by atoms with E-state index in [2.05, 4.69) is 13.2 Å². The van der Waals surface area contributed by atoms with Gasteiger partial charge in [0.05, 0.1) is 38.6 Å². The number of carbonyl (C=O) groups excluding carboxylic acids is 2. The van der Waals surface area contributed by atoms with Gasteiger partial charge >= 0.3 is 11.9 Å². The number of carbonyl (C=O) groups is 2. The van der Waals surface area contributed by atoms with E-state index in [-0.39, 0.29) is 11.9 Å². The second-order valence-electron chi connectivity index (χ2n) is 4.78. The molecule has 0 aromatic rings. The molecule has 0 bridgehead atoms. The summed E-state index contributed by atoms with van der Waals surface area (Å²) >= 11 is 0. The highest BCUT2D eigenvalue weighted by atomic mass is 16.6. The van der Waals surface area contributed by atoms with Crippen molar-refractivity contribution in [1.29, 1.82) is 0 Å². The first kappa shape index (κ1) is 17.4. The van der Waals surface area contributed by atoms with Crippen molar-refractivity contribution in [3.63, 3.8) is 0 Å². The van der Waals surface area contributed by atoms with Gasteiger partial charge < -0.3 is 18.9 Å². The summed E-state index contributed by atoms with van der Waals surface area (Å²) in [6.45, 7) is 10.9. The second-order valence-corrected chi connectivity index (χ2v) is 4.78. The van der Waals surface area contributed by atoms with Crippen molar-refractivity contribution in [3.8, 4) is 0 Å². The fourth-order valence-corrected chi connectivity index (χ4v) is 1.23. The normalized spacial score (nSPS) is 21.4. The fraction of sp³-hybridized carbons (Fsp3) is 0.600. The van der Waals surface area contributed by atoms with Crippen molar-refractivity contribution in [2.24, 2.45) is 0 Å². The summed E-state index contributed by atoms with van der Waals surface area (Å²) in [5, 5.41) is 0. The van der Waals surface area contributed by atoms with Gasteiger partial charge in [0.25, 0.3) is 0 Å². The van der Waals surface area contributed by atoms with Crippen LogP contribution >= 0.6 is 0 Å². The maximum absolute atomic E-state index is 10.8. The first-order valence-corrected chi connectivity index (χ1v) is 6.88. The molecule has 2 rings (SSSR count). The first-order chi connectivity index (χ1) is 10.0. The van der Waals surface area contributed by atoms with E-state index in [1.165, 1.54) is 0 Å². The summed E-state index contributed by atoms with van der Waals surface area (Å²) in [6.07, 6.45) is 3.43. The molecule has 0 radical (unpaired) electrons. The maximum Gasteiger partial charge on any atom is 0.333 e. The summed E-state index contributed by atoms with van der Waals surface area (Å²) in [7, 11) is 0. The van der Waals surface area contributed by atoms with E-state index < -0.39 is 0 Å². The number of rotatable bonds is 8. The van der Waals surface area contributed by atoms with Gasteiger partial charge in [0, 0.05) is 24.5 Å². The Hall–Kier alpha value is -1.66. The van der Waals surface area contributed by atoms with E-state index in [1.807, 2.05) is 0 Å². The Morgan fingerprint density at radius 2 is 1.62 bits per heavy atom. The zero-order valence-electron chi connectivity index (χ0n) is 12.3. The molecule has 0 amide bonds. The molecule has 0 aromatic carbocycles. The van der Waals surface area contributed by atoms with Gasteiger partial charge in [-0.15, -0.1) is 0 Å². The summed E-state index contributed by atoms with van der Waals surface area (Å²) < 4.78 is 19.4. The number of hydrogen-bond acceptors (Lipinski definition) is 6. The molecule has 6 nitrogen and oxygen atoms in total. The molecule has 0 N–H and O–H groups in total. The lowest BCUT2D eigenvalue weighted by atomic mass is 10.3. The molecule has 2 fully saturated rings. The number of epoxide rings is 2. The highest BCUT2D eigenvalue weighted by molar-refractivity contribution is 5.86. The minimum atomic E-state index is -0.361. The minimum absolute atomic E-state index is 0.314. The molecule has 0 aliphatic carbocycles. The number of esters is 2. The monoisotopic (exact) mass is 298 g/mol. The number of ether oxygens (including phenoxy) is 4. The molecular weight excluding hydrogens is 276 g/mol. The molecule has 21 heavy (non-hydrogen) atoms. The van der Waals surface area contributed by atoms with Crippen LogP contribution in [0.2, 0.25) is 0 Å². The average molecular weight is 298 g/mol. The molecule has 0 spiro atoms. The van der Waals surface area contributed by atoms with Gasteiger partial charge in [0.15, 0.2) is 0 Å². The van der Waals surface area contributed by atoms with E-state index in [0.717, 1.165) is 32.1 Å². The Morgan fingerprint density at radius 3 is 2.00 bits per heavy atom. The van der Waals surface area contributed by atoms with Crippen molar-refractivity contribution in [3.05, 3.63) is 24.8 Å². The maximum atomic E-state index is 10.8. The van der Waals surface area contributed by atoms with E-state index in [4.69, 9.17) is 18.9 Å². The molecule has 0 aromatic heterocycles. The first-order valence-electron chi connectivity index (χ1n) is 6.88. The van der Waals surface area contributed by atoms with Crippen LogP contribution in [0.25, 0.3) is 0 Å². The SMILES string of the molecule is C=C(C)C(=O)OCCC1CO1.C=CC(=O)OCCC1CO1. The standard InChI is InChI=1S/C8H12O3.C7H10O3/c1-6(2)8(9)10-4-3-7-5-11-7;1-2-7(8)9-4-3-6-5-10-6/h7H,1,3-5H2,2H3;2,6H,1,3-5H2. The second kappa shape index (κ2) is 9.31. The molecule has 0 saturated carbocycles. The molecule has 2 heterocycles. The quantitative estimate of drug-likeness (QED) is 0.383. The van der Waals surface area contributed by atoms with Crippen molar-refractivity contribution < 1.29 is 28.5 Å². The van der Waals surface area contributed by atoms with Gasteiger partial charge in [0.1, 0.15) is 0 Å². The van der Waals surface area contributed by atoms with Crippen molar-refractivity contribution in [1.82, 2.24) is 0 Å². The molecule has 2 unspecified atom stereocenters. The summed E-state index contributed by atoms with van der Waals surface area (Å²) in [4.78, 5) is 21.2. The van der Waals surface area contributed by atoms with E-state index in [1.54, 1.807) is 6.92 Å². The van der Waals surface area contributed by atoms with Gasteiger partial charge in [-0.2, -0.15) is 0 Å². The molecule has 2 aliphatic heterocycles. The Morgan fingerprint density at radius 1 is 1.14 bits per heavy atom. The fourth-order valence-electron chi connectivity index (χ4n) is 1.23. The van der Waals surface area contributed by atoms with Crippen LogP contribution in [0.1, 0.15) is 19.8 Å². The van der Waals surface area contributed by atoms with Crippen LogP contribution in [0.15, 0.2) is 24.8 Å². The zero-order valence-corrected chi connectivity index (χ0v) is 12.3. The lowest BCUT2D eigenvalue weighted by Crippen LogP contribution is -2.07. The Bertz CT molecular complexity index is 382. The van der Waals surface area contributed by atoms with E-state index in [9.17, 15) is 9.59 Å². The van der Waals surface area contributed by atoms with E-state index in [0.29, 0.717) is 31.0 Å². The zero-order chi connectivity index (χ0) is 15.7. The topological polar surface area (TPSA) is 77.7 Å². The minimum Gasteiger partial charge on any atom is -0.462 e. The predicted molar refractivity (Wildman–Crippen MR) is 75.6 cm³/mol. The summed E-state index contributed by atoms with van der Waals surface area (Å²) in [6, 6.07) is 0. The molecule has 2 aliphatic rings.